The molecule has 9 nitrogen and oxygen atoms in total. The minimum Gasteiger partial charge on any atom is -0.395 e. The normalized spacial score (nSPS) is 14.0. The van der Waals surface area contributed by atoms with E-state index in [0.29, 0.717) is 22.4 Å². The van der Waals surface area contributed by atoms with Gasteiger partial charge in [-0.2, -0.15) is 4.98 Å². The molecule has 0 bridgehead atoms. The molecule has 2 atom stereocenters. The zero-order valence-corrected chi connectivity index (χ0v) is 18.0. The number of sulfonamides is 1. The number of nitrogens with zero attached hydrogens (tertiary/aromatic N) is 2. The van der Waals surface area contributed by atoms with Crippen molar-refractivity contribution in [2.75, 3.05) is 23.8 Å². The molecule has 2 heterocycles. The minimum atomic E-state index is -3.71. The van der Waals surface area contributed by atoms with Gasteiger partial charge in [0.1, 0.15) is 10.0 Å². The molecule has 0 aliphatic carbocycles. The molecule has 2 aromatic heterocycles. The molecule has 0 aliphatic rings. The number of halogens is 1. The fourth-order valence-electron chi connectivity index (χ4n) is 1.99. The van der Waals surface area contributed by atoms with Gasteiger partial charge in [0.2, 0.25) is 16.0 Å². The van der Waals surface area contributed by atoms with Crippen LogP contribution in [0.4, 0.5) is 17.5 Å². The molecule has 5 N–H and O–H groups in total. The zero-order chi connectivity index (χ0) is 20.0. The molecule has 0 unspecified atom stereocenters. The van der Waals surface area contributed by atoms with Gasteiger partial charge in [-0.1, -0.05) is 6.92 Å². The molecule has 27 heavy (non-hydrogen) atoms. The van der Waals surface area contributed by atoms with Gasteiger partial charge in [0, 0.05) is 23.7 Å². The van der Waals surface area contributed by atoms with Crippen molar-refractivity contribution in [1.29, 1.82) is 0 Å². The smallest absolute Gasteiger partial charge is 0.250 e. The molecular weight excluding hydrogens is 458 g/mol. The van der Waals surface area contributed by atoms with E-state index in [2.05, 4.69) is 41.3 Å². The molecule has 0 saturated carbocycles. The summed E-state index contributed by atoms with van der Waals surface area (Å²) in [4.78, 5) is 8.47. The monoisotopic (exact) mass is 479 g/mol. The first-order valence-electron chi connectivity index (χ1n) is 8.17. The Morgan fingerprint density at radius 3 is 2.70 bits per heavy atom. The van der Waals surface area contributed by atoms with Crippen molar-refractivity contribution in [3.8, 4) is 0 Å². The number of aromatic nitrogens is 2. The maximum Gasteiger partial charge on any atom is 0.250 e. The topological polar surface area (TPSA) is 136 Å². The number of anilines is 3. The van der Waals surface area contributed by atoms with Crippen LogP contribution in [-0.4, -0.2) is 53.9 Å². The predicted octanol–water partition coefficient (Wildman–Crippen LogP) is 1.89. The van der Waals surface area contributed by atoms with Crippen molar-refractivity contribution in [3.05, 3.63) is 22.1 Å². The third kappa shape index (κ3) is 6.09. The lowest BCUT2D eigenvalue weighted by Crippen LogP contribution is -2.36. The molecule has 0 aromatic carbocycles. The molecule has 0 amide bonds. The fraction of sp³-hybridized carbons (Fsp3) is 0.467. The van der Waals surface area contributed by atoms with Crippen LogP contribution in [0.1, 0.15) is 20.3 Å². The van der Waals surface area contributed by atoms with Crippen LogP contribution in [0, 0.1) is 0 Å². The van der Waals surface area contributed by atoms with Crippen LogP contribution < -0.4 is 15.4 Å². The largest absolute Gasteiger partial charge is 0.395 e. The van der Waals surface area contributed by atoms with Crippen molar-refractivity contribution in [1.82, 2.24) is 14.7 Å². The van der Waals surface area contributed by atoms with Crippen LogP contribution in [0.2, 0.25) is 0 Å². The van der Waals surface area contributed by atoms with Gasteiger partial charge >= 0.3 is 0 Å². The first-order chi connectivity index (χ1) is 12.8. The van der Waals surface area contributed by atoms with Gasteiger partial charge in [0.15, 0.2) is 0 Å². The van der Waals surface area contributed by atoms with Crippen molar-refractivity contribution in [2.45, 2.75) is 36.6 Å². The van der Waals surface area contributed by atoms with Gasteiger partial charge in [-0.25, -0.2) is 18.1 Å². The number of rotatable bonds is 10. The second-order valence-electron chi connectivity index (χ2n) is 5.81. The Balaban J connectivity index is 2.15. The van der Waals surface area contributed by atoms with Gasteiger partial charge in [0.05, 0.1) is 23.4 Å². The summed E-state index contributed by atoms with van der Waals surface area (Å²) in [6.07, 6.45) is 2.04. The van der Waals surface area contributed by atoms with E-state index in [4.69, 9.17) is 5.11 Å². The summed E-state index contributed by atoms with van der Waals surface area (Å²) in [5.74, 6) is 0.787. The SMILES string of the molecule is CC[C@@H](CO)NS(=O)(=O)c1cc(Nc2ncc(Br)c(N[C@H](C)CO)n2)cs1. The van der Waals surface area contributed by atoms with E-state index >= 15 is 0 Å². The van der Waals surface area contributed by atoms with E-state index in [-0.39, 0.29) is 29.4 Å². The highest BCUT2D eigenvalue weighted by Crippen LogP contribution is 2.27. The minimum absolute atomic E-state index is 0.0510. The van der Waals surface area contributed by atoms with Crippen LogP contribution in [0.15, 0.2) is 26.3 Å². The van der Waals surface area contributed by atoms with E-state index in [1.165, 1.54) is 6.07 Å². The van der Waals surface area contributed by atoms with Crippen molar-refractivity contribution >= 4 is 54.7 Å². The van der Waals surface area contributed by atoms with E-state index < -0.39 is 16.1 Å². The van der Waals surface area contributed by atoms with Crippen molar-refractivity contribution in [2.24, 2.45) is 0 Å². The average molecular weight is 480 g/mol. The third-order valence-corrected chi connectivity index (χ3v) is 7.07. The highest BCUT2D eigenvalue weighted by molar-refractivity contribution is 9.10. The van der Waals surface area contributed by atoms with Gasteiger partial charge in [-0.3, -0.25) is 0 Å². The van der Waals surface area contributed by atoms with Gasteiger partial charge < -0.3 is 20.8 Å². The van der Waals surface area contributed by atoms with Gasteiger partial charge in [-0.15, -0.1) is 11.3 Å². The number of aliphatic hydroxyl groups is 2. The zero-order valence-electron chi connectivity index (χ0n) is 14.8. The van der Waals surface area contributed by atoms with Crippen molar-refractivity contribution in [3.63, 3.8) is 0 Å². The number of hydrogen-bond donors (Lipinski definition) is 5. The summed E-state index contributed by atoms with van der Waals surface area (Å²) in [5.41, 5.74) is 0.529. The predicted molar refractivity (Wildman–Crippen MR) is 109 cm³/mol. The molecule has 150 valence electrons. The maximum absolute atomic E-state index is 12.4. The lowest BCUT2D eigenvalue weighted by molar-refractivity contribution is 0.254. The quantitative estimate of drug-likeness (QED) is 0.348. The first-order valence-corrected chi connectivity index (χ1v) is 11.3. The van der Waals surface area contributed by atoms with Gasteiger partial charge in [-0.05, 0) is 35.3 Å². The van der Waals surface area contributed by atoms with E-state index in [1.807, 2.05) is 0 Å². The fourth-order valence-corrected chi connectivity index (χ4v) is 4.73. The van der Waals surface area contributed by atoms with Crippen LogP contribution >= 0.6 is 27.3 Å². The highest BCUT2D eigenvalue weighted by Gasteiger charge is 2.21. The molecule has 0 saturated heterocycles. The average Bonchev–Trinajstić information content (AvgIpc) is 3.11. The number of nitrogens with one attached hydrogen (secondary N) is 3. The Bertz CT molecular complexity index is 858. The van der Waals surface area contributed by atoms with Crippen molar-refractivity contribution < 1.29 is 18.6 Å². The van der Waals surface area contributed by atoms with E-state index in [9.17, 15) is 13.5 Å². The molecule has 2 aromatic rings. The lowest BCUT2D eigenvalue weighted by atomic mass is 10.3. The highest BCUT2D eigenvalue weighted by atomic mass is 79.9. The molecule has 0 radical (unpaired) electrons. The molecule has 0 spiro atoms. The summed E-state index contributed by atoms with van der Waals surface area (Å²) in [6.45, 7) is 3.28. The van der Waals surface area contributed by atoms with E-state index in [1.54, 1.807) is 25.4 Å². The maximum atomic E-state index is 12.4. The van der Waals surface area contributed by atoms with E-state index in [0.717, 1.165) is 11.3 Å². The van der Waals surface area contributed by atoms with Crippen LogP contribution in [-0.2, 0) is 10.0 Å². The molecular formula is C15H22BrN5O4S2. The van der Waals surface area contributed by atoms with Crippen LogP contribution in [0.25, 0.3) is 0 Å². The summed E-state index contributed by atoms with van der Waals surface area (Å²) in [7, 11) is -3.71. The number of thiophene rings is 1. The molecule has 2 rings (SSSR count). The number of aliphatic hydroxyl groups excluding tert-OH is 2. The molecule has 0 aliphatic heterocycles. The van der Waals surface area contributed by atoms with Crippen LogP contribution in [0.3, 0.4) is 0 Å². The number of hydrogen-bond acceptors (Lipinski definition) is 9. The summed E-state index contributed by atoms with van der Waals surface area (Å²) in [6, 6.07) is 0.767. The summed E-state index contributed by atoms with van der Waals surface area (Å²) in [5, 5.41) is 26.0. The molecule has 12 heteroatoms. The Morgan fingerprint density at radius 1 is 1.33 bits per heavy atom. The second-order valence-corrected chi connectivity index (χ2v) is 9.51. The summed E-state index contributed by atoms with van der Waals surface area (Å²) >= 11 is 4.39. The Morgan fingerprint density at radius 2 is 2.07 bits per heavy atom. The Kier molecular flexibility index (Phi) is 7.94. The summed E-state index contributed by atoms with van der Waals surface area (Å²) < 4.78 is 28.0. The molecule has 0 fully saturated rings. The van der Waals surface area contributed by atoms with Gasteiger partial charge in [0.25, 0.3) is 0 Å². The lowest BCUT2D eigenvalue weighted by Gasteiger charge is -2.14. The van der Waals surface area contributed by atoms with Crippen LogP contribution in [0.5, 0.6) is 0 Å². The first kappa shape index (κ1) is 22.0. The second kappa shape index (κ2) is 9.75. The standard InChI is InChI=1S/C15H22BrN5O4S2/c1-3-10(7-23)21-27(24,25)13-4-11(8-26-13)19-15-17-5-12(16)14(20-15)18-9(2)6-22/h4-5,8-10,21-23H,3,6-7H2,1-2H3,(H2,17,18,19,20)/t9-,10+/m1/s1. The Labute approximate surface area is 170 Å². The third-order valence-electron chi connectivity index (χ3n) is 3.53. The Hall–Kier alpha value is -1.31.